The van der Waals surface area contributed by atoms with E-state index in [9.17, 15) is 4.79 Å². The second-order valence-electron chi connectivity index (χ2n) is 5.41. The smallest absolute Gasteiger partial charge is 0.254 e. The molecule has 1 saturated heterocycles. The molecule has 0 unspecified atom stereocenters. The summed E-state index contributed by atoms with van der Waals surface area (Å²) >= 11 is 0. The average Bonchev–Trinajstić information content (AvgIpc) is 2.39. The van der Waals surface area contributed by atoms with Crippen molar-refractivity contribution in [1.82, 2.24) is 4.90 Å². The van der Waals surface area contributed by atoms with Crippen LogP contribution in [0.1, 0.15) is 49.0 Å². The molecular weight excluding hydrogens is 222 g/mol. The molecule has 1 amide bonds. The van der Waals surface area contributed by atoms with Crippen LogP contribution in [0.4, 0.5) is 0 Å². The third-order valence-corrected chi connectivity index (χ3v) is 3.71. The fourth-order valence-corrected chi connectivity index (χ4v) is 2.76. The zero-order valence-corrected chi connectivity index (χ0v) is 11.5. The van der Waals surface area contributed by atoms with E-state index in [2.05, 4.69) is 19.9 Å². The maximum atomic E-state index is 12.6. The highest BCUT2D eigenvalue weighted by Gasteiger charge is 2.23. The molecule has 2 nitrogen and oxygen atoms in total. The van der Waals surface area contributed by atoms with Gasteiger partial charge in [0.2, 0.25) is 0 Å². The third-order valence-electron chi connectivity index (χ3n) is 3.71. The lowest BCUT2D eigenvalue weighted by molar-refractivity contribution is 0.0682. The number of amides is 1. The Morgan fingerprint density at radius 3 is 2.89 bits per heavy atom. The molecule has 0 saturated carbocycles. The van der Waals surface area contributed by atoms with Crippen molar-refractivity contribution < 1.29 is 4.79 Å². The van der Waals surface area contributed by atoms with Gasteiger partial charge in [-0.15, -0.1) is 0 Å². The Morgan fingerprint density at radius 1 is 1.39 bits per heavy atom. The number of benzene rings is 1. The highest BCUT2D eigenvalue weighted by Crippen LogP contribution is 2.20. The van der Waals surface area contributed by atoms with E-state index in [4.69, 9.17) is 0 Å². The zero-order chi connectivity index (χ0) is 13.0. The van der Waals surface area contributed by atoms with Crippen molar-refractivity contribution >= 4 is 5.91 Å². The van der Waals surface area contributed by atoms with Crippen molar-refractivity contribution in [3.63, 3.8) is 0 Å². The minimum atomic E-state index is 0.227. The number of hydrogen-bond donors (Lipinski definition) is 0. The molecule has 1 aromatic rings. The summed E-state index contributed by atoms with van der Waals surface area (Å²) in [5, 5.41) is 0. The van der Waals surface area contributed by atoms with E-state index in [0.717, 1.165) is 37.9 Å². The number of carbonyl (C=O) groups is 1. The minimum Gasteiger partial charge on any atom is -0.338 e. The van der Waals surface area contributed by atoms with E-state index in [1.165, 1.54) is 12.0 Å². The molecule has 1 atom stereocenters. The summed E-state index contributed by atoms with van der Waals surface area (Å²) in [6.45, 7) is 6.23. The van der Waals surface area contributed by atoms with Gasteiger partial charge in [-0.25, -0.2) is 0 Å². The van der Waals surface area contributed by atoms with Crippen LogP contribution in [0.3, 0.4) is 0 Å². The van der Waals surface area contributed by atoms with Crippen LogP contribution in [0.2, 0.25) is 0 Å². The Labute approximate surface area is 110 Å². The van der Waals surface area contributed by atoms with Gasteiger partial charge in [-0.05, 0) is 36.8 Å². The maximum Gasteiger partial charge on any atom is 0.254 e. The van der Waals surface area contributed by atoms with Crippen LogP contribution < -0.4 is 0 Å². The molecule has 0 aromatic heterocycles. The van der Waals surface area contributed by atoms with Crippen LogP contribution in [0.5, 0.6) is 0 Å². The van der Waals surface area contributed by atoms with Crippen LogP contribution in [-0.2, 0) is 6.42 Å². The third kappa shape index (κ3) is 2.92. The normalized spacial score (nSPS) is 19.9. The summed E-state index contributed by atoms with van der Waals surface area (Å²) in [4.78, 5) is 14.6. The van der Waals surface area contributed by atoms with Crippen molar-refractivity contribution in [3.05, 3.63) is 35.4 Å². The molecule has 2 rings (SSSR count). The van der Waals surface area contributed by atoms with Crippen LogP contribution in [-0.4, -0.2) is 23.9 Å². The van der Waals surface area contributed by atoms with Gasteiger partial charge in [0.1, 0.15) is 0 Å². The number of likely N-dealkylation sites (tertiary alicyclic amines) is 1. The monoisotopic (exact) mass is 245 g/mol. The summed E-state index contributed by atoms with van der Waals surface area (Å²) < 4.78 is 0. The van der Waals surface area contributed by atoms with Gasteiger partial charge in [0.15, 0.2) is 0 Å². The highest BCUT2D eigenvalue weighted by atomic mass is 16.2. The molecule has 1 fully saturated rings. The molecule has 18 heavy (non-hydrogen) atoms. The molecule has 1 heterocycles. The quantitative estimate of drug-likeness (QED) is 0.798. The van der Waals surface area contributed by atoms with Gasteiger partial charge < -0.3 is 4.90 Å². The standard InChI is InChI=1S/C16H23NO/c1-3-7-14-9-4-5-10-15(14)16(18)17-11-6-8-13(2)12-17/h4-5,9-10,13H,3,6-8,11-12H2,1-2H3/t13-/m1/s1. The van der Waals surface area contributed by atoms with Crippen LogP contribution >= 0.6 is 0 Å². The van der Waals surface area contributed by atoms with E-state index < -0.39 is 0 Å². The summed E-state index contributed by atoms with van der Waals surface area (Å²) in [5.41, 5.74) is 2.11. The van der Waals surface area contributed by atoms with Crippen molar-refractivity contribution in [1.29, 1.82) is 0 Å². The molecule has 1 aliphatic heterocycles. The summed E-state index contributed by atoms with van der Waals surface area (Å²) in [7, 11) is 0. The first-order chi connectivity index (χ1) is 8.72. The van der Waals surface area contributed by atoms with Gasteiger partial charge in [-0.3, -0.25) is 4.79 Å². The van der Waals surface area contributed by atoms with Gasteiger partial charge in [0, 0.05) is 18.7 Å². The molecular formula is C16H23NO. The van der Waals surface area contributed by atoms with E-state index in [1.54, 1.807) is 0 Å². The lowest BCUT2D eigenvalue weighted by atomic mass is 9.97. The summed E-state index contributed by atoms with van der Waals surface area (Å²) in [5.74, 6) is 0.867. The predicted octanol–water partition coefficient (Wildman–Crippen LogP) is 3.51. The Kier molecular flexibility index (Phi) is 4.40. The fraction of sp³-hybridized carbons (Fsp3) is 0.562. The first-order valence-electron chi connectivity index (χ1n) is 7.09. The van der Waals surface area contributed by atoms with Gasteiger partial charge in [-0.1, -0.05) is 38.5 Å². The number of nitrogens with zero attached hydrogens (tertiary/aromatic N) is 1. The van der Waals surface area contributed by atoms with E-state index in [0.29, 0.717) is 5.92 Å². The number of aryl methyl sites for hydroxylation is 1. The maximum absolute atomic E-state index is 12.6. The van der Waals surface area contributed by atoms with Crippen LogP contribution in [0.15, 0.2) is 24.3 Å². The van der Waals surface area contributed by atoms with Crippen LogP contribution in [0, 0.1) is 5.92 Å². The summed E-state index contributed by atoms with van der Waals surface area (Å²) in [6, 6.07) is 8.07. The van der Waals surface area contributed by atoms with Crippen molar-refractivity contribution in [2.75, 3.05) is 13.1 Å². The Hall–Kier alpha value is -1.31. The molecule has 0 spiro atoms. The van der Waals surface area contributed by atoms with E-state index in [1.807, 2.05) is 23.1 Å². The second-order valence-corrected chi connectivity index (χ2v) is 5.41. The number of hydrogen-bond acceptors (Lipinski definition) is 1. The molecule has 2 heteroatoms. The molecule has 0 N–H and O–H groups in total. The molecule has 1 aliphatic rings. The number of rotatable bonds is 3. The number of carbonyl (C=O) groups excluding carboxylic acids is 1. The second kappa shape index (κ2) is 6.03. The Balaban J connectivity index is 2.17. The van der Waals surface area contributed by atoms with Crippen molar-refractivity contribution in [2.24, 2.45) is 5.92 Å². The molecule has 98 valence electrons. The van der Waals surface area contributed by atoms with E-state index in [-0.39, 0.29) is 5.91 Å². The van der Waals surface area contributed by atoms with Gasteiger partial charge in [-0.2, -0.15) is 0 Å². The highest BCUT2D eigenvalue weighted by molar-refractivity contribution is 5.95. The molecule has 0 radical (unpaired) electrons. The van der Waals surface area contributed by atoms with Gasteiger partial charge >= 0.3 is 0 Å². The molecule has 1 aromatic carbocycles. The van der Waals surface area contributed by atoms with Gasteiger partial charge in [0.05, 0.1) is 0 Å². The minimum absolute atomic E-state index is 0.227. The zero-order valence-electron chi connectivity index (χ0n) is 11.5. The summed E-state index contributed by atoms with van der Waals surface area (Å²) in [6.07, 6.45) is 4.47. The number of piperidine rings is 1. The first kappa shape index (κ1) is 13.1. The van der Waals surface area contributed by atoms with Crippen molar-refractivity contribution in [2.45, 2.75) is 39.5 Å². The largest absolute Gasteiger partial charge is 0.338 e. The van der Waals surface area contributed by atoms with Gasteiger partial charge in [0.25, 0.3) is 5.91 Å². The fourth-order valence-electron chi connectivity index (χ4n) is 2.76. The lowest BCUT2D eigenvalue weighted by Gasteiger charge is -2.31. The first-order valence-corrected chi connectivity index (χ1v) is 7.09. The molecule has 0 aliphatic carbocycles. The van der Waals surface area contributed by atoms with Crippen LogP contribution in [0.25, 0.3) is 0 Å². The lowest BCUT2D eigenvalue weighted by Crippen LogP contribution is -2.39. The van der Waals surface area contributed by atoms with E-state index >= 15 is 0 Å². The SMILES string of the molecule is CCCc1ccccc1C(=O)N1CCC[C@@H](C)C1. The average molecular weight is 245 g/mol. The molecule has 0 bridgehead atoms. The van der Waals surface area contributed by atoms with Crippen molar-refractivity contribution in [3.8, 4) is 0 Å². The Bertz CT molecular complexity index is 413. The Morgan fingerprint density at radius 2 is 2.17 bits per heavy atom. The topological polar surface area (TPSA) is 20.3 Å². The predicted molar refractivity (Wildman–Crippen MR) is 74.7 cm³/mol.